The van der Waals surface area contributed by atoms with Crippen molar-refractivity contribution in [1.29, 1.82) is 0 Å². The van der Waals surface area contributed by atoms with Crippen molar-refractivity contribution in [2.75, 3.05) is 0 Å². The van der Waals surface area contributed by atoms with Crippen molar-refractivity contribution in [3.05, 3.63) is 11.6 Å². The topological polar surface area (TPSA) is 52.6 Å². The minimum atomic E-state index is -0.716. The van der Waals surface area contributed by atoms with Gasteiger partial charge in [-0.1, -0.05) is 25.5 Å². The monoisotopic (exact) mass is 266 g/mol. The molecule has 4 unspecified atom stereocenters. The Balaban J connectivity index is 1.98. The van der Waals surface area contributed by atoms with Gasteiger partial charge < -0.3 is 9.47 Å². The van der Waals surface area contributed by atoms with Crippen LogP contribution in [0.2, 0.25) is 0 Å². The van der Waals surface area contributed by atoms with Crippen LogP contribution >= 0.6 is 0 Å². The third-order valence-corrected chi connectivity index (χ3v) is 4.06. The summed E-state index contributed by atoms with van der Waals surface area (Å²) in [6.45, 7) is 9.95. The van der Waals surface area contributed by atoms with E-state index in [0.717, 1.165) is 0 Å². The predicted octanol–water partition coefficient (Wildman–Crippen LogP) is 2.47. The quantitative estimate of drug-likeness (QED) is 0.581. The van der Waals surface area contributed by atoms with Crippen LogP contribution < -0.4 is 0 Å². The molecule has 2 aliphatic rings. The Kier molecular flexibility index (Phi) is 3.45. The van der Waals surface area contributed by atoms with E-state index in [1.165, 1.54) is 5.57 Å². The number of rotatable bonds is 3. The molecule has 0 aromatic heterocycles. The molecule has 1 heterocycles. The SMILES string of the molecule is CC(C)=CC1C(C(=O)OC2CC(C)OC2=O)C1(C)C. The van der Waals surface area contributed by atoms with Gasteiger partial charge in [0.15, 0.2) is 0 Å². The first-order valence-electron chi connectivity index (χ1n) is 6.79. The van der Waals surface area contributed by atoms with Crippen molar-refractivity contribution in [3.8, 4) is 0 Å². The van der Waals surface area contributed by atoms with Crippen molar-refractivity contribution in [2.45, 2.75) is 53.2 Å². The van der Waals surface area contributed by atoms with E-state index in [4.69, 9.17) is 9.47 Å². The summed E-state index contributed by atoms with van der Waals surface area (Å²) in [5, 5.41) is 0. The second kappa shape index (κ2) is 4.66. The third-order valence-electron chi connectivity index (χ3n) is 4.06. The van der Waals surface area contributed by atoms with Gasteiger partial charge in [-0.3, -0.25) is 4.79 Å². The van der Waals surface area contributed by atoms with Crippen molar-refractivity contribution < 1.29 is 19.1 Å². The molecule has 0 amide bonds. The standard InChI is InChI=1S/C15H22O4/c1-8(2)6-10-12(15(10,4)5)14(17)19-11-7-9(3)18-13(11)16/h6,9-12H,7H2,1-5H3. The van der Waals surface area contributed by atoms with E-state index in [1.807, 2.05) is 13.8 Å². The molecular formula is C15H22O4. The maximum atomic E-state index is 12.2. The maximum Gasteiger partial charge on any atom is 0.347 e. The third kappa shape index (κ3) is 2.67. The van der Waals surface area contributed by atoms with E-state index >= 15 is 0 Å². The number of carbonyl (C=O) groups is 2. The van der Waals surface area contributed by atoms with Crippen molar-refractivity contribution in [3.63, 3.8) is 0 Å². The Bertz CT molecular complexity index is 431. The predicted molar refractivity (Wildman–Crippen MR) is 70.2 cm³/mol. The Hall–Kier alpha value is -1.32. The van der Waals surface area contributed by atoms with Gasteiger partial charge in [0.1, 0.15) is 6.10 Å². The van der Waals surface area contributed by atoms with Gasteiger partial charge in [-0.15, -0.1) is 0 Å². The number of allylic oxidation sites excluding steroid dienone is 2. The van der Waals surface area contributed by atoms with Gasteiger partial charge in [0.05, 0.1) is 5.92 Å². The van der Waals surface area contributed by atoms with Crippen LogP contribution in [0.3, 0.4) is 0 Å². The fraction of sp³-hybridized carbons (Fsp3) is 0.733. The Morgan fingerprint density at radius 1 is 1.42 bits per heavy atom. The zero-order valence-corrected chi connectivity index (χ0v) is 12.2. The summed E-state index contributed by atoms with van der Waals surface area (Å²) >= 11 is 0. The van der Waals surface area contributed by atoms with E-state index in [1.54, 1.807) is 6.92 Å². The van der Waals surface area contributed by atoms with Crippen molar-refractivity contribution in [1.82, 2.24) is 0 Å². The highest BCUT2D eigenvalue weighted by Gasteiger charge is 2.62. The number of hydrogen-bond acceptors (Lipinski definition) is 4. The highest BCUT2D eigenvalue weighted by atomic mass is 16.6. The highest BCUT2D eigenvalue weighted by Crippen LogP contribution is 2.60. The lowest BCUT2D eigenvalue weighted by Gasteiger charge is -2.08. The van der Waals surface area contributed by atoms with Gasteiger partial charge in [-0.25, -0.2) is 4.79 Å². The molecule has 0 aromatic rings. The van der Waals surface area contributed by atoms with Crippen LogP contribution in [0.15, 0.2) is 11.6 Å². The molecule has 19 heavy (non-hydrogen) atoms. The van der Waals surface area contributed by atoms with Crippen molar-refractivity contribution in [2.24, 2.45) is 17.3 Å². The summed E-state index contributed by atoms with van der Waals surface area (Å²) in [5.41, 5.74) is 1.12. The van der Waals surface area contributed by atoms with E-state index in [-0.39, 0.29) is 29.3 Å². The molecular weight excluding hydrogens is 244 g/mol. The number of carbonyl (C=O) groups excluding carboxylic acids is 2. The van der Waals surface area contributed by atoms with Gasteiger partial charge in [-0.2, -0.15) is 0 Å². The summed E-state index contributed by atoms with van der Waals surface area (Å²) in [5.74, 6) is -0.632. The average Bonchev–Trinajstić information content (AvgIpc) is 2.60. The number of cyclic esters (lactones) is 1. The maximum absolute atomic E-state index is 12.2. The first kappa shape index (κ1) is 14.1. The van der Waals surface area contributed by atoms with Gasteiger partial charge in [-0.05, 0) is 32.1 Å². The first-order chi connectivity index (χ1) is 8.73. The smallest absolute Gasteiger partial charge is 0.347 e. The molecule has 2 rings (SSSR count). The molecule has 106 valence electrons. The molecule has 2 fully saturated rings. The largest absolute Gasteiger partial charge is 0.460 e. The zero-order valence-electron chi connectivity index (χ0n) is 12.2. The average molecular weight is 266 g/mol. The first-order valence-corrected chi connectivity index (χ1v) is 6.79. The lowest BCUT2D eigenvalue weighted by atomic mass is 10.1. The van der Waals surface area contributed by atoms with Crippen LogP contribution in [0, 0.1) is 17.3 Å². The fourth-order valence-corrected chi connectivity index (χ4v) is 2.83. The van der Waals surface area contributed by atoms with E-state index in [9.17, 15) is 9.59 Å². The summed E-state index contributed by atoms with van der Waals surface area (Å²) in [7, 11) is 0. The Labute approximate surface area is 114 Å². The normalized spacial score (nSPS) is 35.5. The summed E-state index contributed by atoms with van der Waals surface area (Å²) < 4.78 is 10.3. The van der Waals surface area contributed by atoms with Gasteiger partial charge in [0.25, 0.3) is 0 Å². The van der Waals surface area contributed by atoms with Gasteiger partial charge >= 0.3 is 11.9 Å². The van der Waals surface area contributed by atoms with Crippen LogP contribution in [0.4, 0.5) is 0 Å². The number of ether oxygens (including phenoxy) is 2. The fourth-order valence-electron chi connectivity index (χ4n) is 2.83. The molecule has 0 aromatic carbocycles. The van der Waals surface area contributed by atoms with E-state index in [0.29, 0.717) is 6.42 Å². The van der Waals surface area contributed by atoms with Gasteiger partial charge in [0.2, 0.25) is 6.10 Å². The molecule has 0 spiro atoms. The molecule has 0 bridgehead atoms. The molecule has 4 nitrogen and oxygen atoms in total. The molecule has 4 atom stereocenters. The second-order valence-electron chi connectivity index (χ2n) is 6.48. The second-order valence-corrected chi connectivity index (χ2v) is 6.48. The molecule has 0 N–H and O–H groups in total. The minimum absolute atomic E-state index is 0.0809. The molecule has 0 radical (unpaired) electrons. The summed E-state index contributed by atoms with van der Waals surface area (Å²) in [4.78, 5) is 23.6. The Morgan fingerprint density at radius 3 is 2.53 bits per heavy atom. The molecule has 1 saturated carbocycles. The number of hydrogen-bond donors (Lipinski definition) is 0. The molecule has 4 heteroatoms. The highest BCUT2D eigenvalue weighted by molar-refractivity contribution is 5.84. The van der Waals surface area contributed by atoms with Crippen molar-refractivity contribution >= 4 is 11.9 Å². The van der Waals surface area contributed by atoms with Crippen LogP contribution in [0.25, 0.3) is 0 Å². The van der Waals surface area contributed by atoms with E-state index in [2.05, 4.69) is 19.9 Å². The van der Waals surface area contributed by atoms with Crippen LogP contribution in [-0.2, 0) is 19.1 Å². The molecule has 1 aliphatic heterocycles. The summed E-state index contributed by atoms with van der Waals surface area (Å²) in [6.07, 6.45) is 1.70. The van der Waals surface area contributed by atoms with Gasteiger partial charge in [0, 0.05) is 6.42 Å². The lowest BCUT2D eigenvalue weighted by Crippen LogP contribution is -2.24. The molecule has 1 aliphatic carbocycles. The summed E-state index contributed by atoms with van der Waals surface area (Å²) in [6, 6.07) is 0. The van der Waals surface area contributed by atoms with Crippen LogP contribution in [-0.4, -0.2) is 24.1 Å². The van der Waals surface area contributed by atoms with E-state index < -0.39 is 12.1 Å². The van der Waals surface area contributed by atoms with Crippen LogP contribution in [0.5, 0.6) is 0 Å². The minimum Gasteiger partial charge on any atom is -0.460 e. The van der Waals surface area contributed by atoms with Crippen LogP contribution in [0.1, 0.15) is 41.0 Å². The lowest BCUT2D eigenvalue weighted by molar-refractivity contribution is -0.162. The molecule has 1 saturated heterocycles. The zero-order chi connectivity index (χ0) is 14.4. The number of esters is 2. The Morgan fingerprint density at radius 2 is 2.05 bits per heavy atom.